The molecule has 0 radical (unpaired) electrons. The zero-order valence-corrected chi connectivity index (χ0v) is 16.7. The Morgan fingerprint density at radius 2 is 2.07 bits per heavy atom. The van der Waals surface area contributed by atoms with Crippen molar-refractivity contribution in [3.8, 4) is 0 Å². The van der Waals surface area contributed by atoms with Crippen LogP contribution in [0.1, 0.15) is 50.9 Å². The highest BCUT2D eigenvalue weighted by atomic mass is 16.5. The molecule has 1 atom stereocenters. The smallest absolute Gasteiger partial charge is 0.221 e. The summed E-state index contributed by atoms with van der Waals surface area (Å²) >= 11 is 0. The number of aryl methyl sites for hydroxylation is 2. The van der Waals surface area contributed by atoms with E-state index in [-0.39, 0.29) is 16.9 Å². The number of hydrogen-bond donors (Lipinski definition) is 1. The maximum Gasteiger partial charge on any atom is 0.221 e. The summed E-state index contributed by atoms with van der Waals surface area (Å²) in [6.45, 7) is 8.39. The molecule has 5 heteroatoms. The zero-order chi connectivity index (χ0) is 19.3. The van der Waals surface area contributed by atoms with Crippen molar-refractivity contribution in [2.75, 3.05) is 13.2 Å². The highest BCUT2D eigenvalue weighted by molar-refractivity contribution is 5.75. The molecule has 146 valence electrons. The summed E-state index contributed by atoms with van der Waals surface area (Å²) in [7, 11) is 0. The fourth-order valence-electron chi connectivity index (χ4n) is 4.26. The predicted octanol–water partition coefficient (Wildman–Crippen LogP) is 3.61. The van der Waals surface area contributed by atoms with Crippen molar-refractivity contribution >= 4 is 5.91 Å². The van der Waals surface area contributed by atoms with E-state index in [2.05, 4.69) is 54.5 Å². The van der Waals surface area contributed by atoms with Gasteiger partial charge in [0.1, 0.15) is 5.82 Å². The van der Waals surface area contributed by atoms with Crippen LogP contribution in [0.2, 0.25) is 0 Å². The lowest BCUT2D eigenvalue weighted by Crippen LogP contribution is -2.45. The molecule has 1 aromatic heterocycles. The van der Waals surface area contributed by atoms with E-state index in [9.17, 15) is 4.79 Å². The third-order valence-corrected chi connectivity index (χ3v) is 5.65. The average molecular weight is 370 g/mol. The summed E-state index contributed by atoms with van der Waals surface area (Å²) in [6, 6.07) is 10.7. The minimum Gasteiger partial charge on any atom is -0.376 e. The first-order valence-electron chi connectivity index (χ1n) is 9.84. The Morgan fingerprint density at radius 3 is 2.74 bits per heavy atom. The molecular formula is C22H31N3O2. The van der Waals surface area contributed by atoms with Crippen molar-refractivity contribution in [2.45, 2.75) is 64.0 Å². The van der Waals surface area contributed by atoms with E-state index in [0.717, 1.165) is 31.7 Å². The highest BCUT2D eigenvalue weighted by Gasteiger charge is 2.41. The van der Waals surface area contributed by atoms with E-state index < -0.39 is 0 Å². The molecule has 2 heterocycles. The average Bonchev–Trinajstić information content (AvgIpc) is 3.05. The van der Waals surface area contributed by atoms with E-state index in [0.29, 0.717) is 19.5 Å². The number of amides is 1. The van der Waals surface area contributed by atoms with Crippen LogP contribution in [0.5, 0.6) is 0 Å². The normalized spacial score (nSPS) is 21.7. The molecule has 1 amide bonds. The van der Waals surface area contributed by atoms with Crippen LogP contribution in [0, 0.1) is 6.92 Å². The fourth-order valence-corrected chi connectivity index (χ4v) is 4.26. The Morgan fingerprint density at radius 1 is 1.30 bits per heavy atom. The Hall–Kier alpha value is -2.14. The molecule has 3 rings (SSSR count). The number of benzene rings is 1. The number of carbonyl (C=O) groups excluding carboxylic acids is 1. The maximum absolute atomic E-state index is 12.3. The summed E-state index contributed by atoms with van der Waals surface area (Å²) in [4.78, 5) is 16.5. The highest BCUT2D eigenvalue weighted by Crippen LogP contribution is 2.43. The van der Waals surface area contributed by atoms with Crippen LogP contribution in [-0.2, 0) is 21.5 Å². The largest absolute Gasteiger partial charge is 0.376 e. The first-order chi connectivity index (χ1) is 12.9. The van der Waals surface area contributed by atoms with Crippen molar-refractivity contribution in [1.82, 2.24) is 14.9 Å². The fraction of sp³-hybridized carbons (Fsp3) is 0.545. The third-order valence-electron chi connectivity index (χ3n) is 5.65. The molecule has 1 saturated heterocycles. The molecule has 0 bridgehead atoms. The summed E-state index contributed by atoms with van der Waals surface area (Å²) in [5.74, 6) is 1.04. The van der Waals surface area contributed by atoms with Gasteiger partial charge in [-0.3, -0.25) is 4.79 Å². The number of rotatable bonds is 7. The Kier molecular flexibility index (Phi) is 6.00. The van der Waals surface area contributed by atoms with E-state index in [1.54, 1.807) is 6.20 Å². The van der Waals surface area contributed by atoms with Crippen LogP contribution in [-0.4, -0.2) is 34.2 Å². The Bertz CT molecular complexity index is 754. The lowest BCUT2D eigenvalue weighted by Gasteiger charge is -2.45. The molecule has 0 saturated carbocycles. The molecule has 0 spiro atoms. The number of nitrogens with one attached hydrogen (secondary N) is 1. The first-order valence-corrected chi connectivity index (χ1v) is 9.84. The van der Waals surface area contributed by atoms with E-state index >= 15 is 0 Å². The molecule has 1 aliphatic heterocycles. The summed E-state index contributed by atoms with van der Waals surface area (Å²) in [5.41, 5.74) is 1.26. The molecule has 27 heavy (non-hydrogen) atoms. The number of carbonyl (C=O) groups is 1. The second-order valence-corrected chi connectivity index (χ2v) is 8.20. The minimum atomic E-state index is -0.142. The van der Waals surface area contributed by atoms with Gasteiger partial charge in [0.15, 0.2) is 0 Å². The molecule has 1 N–H and O–H groups in total. The third kappa shape index (κ3) is 4.98. The number of nitrogens with zero attached hydrogens (tertiary/aromatic N) is 2. The van der Waals surface area contributed by atoms with Crippen LogP contribution in [0.25, 0.3) is 0 Å². The van der Waals surface area contributed by atoms with Crippen LogP contribution >= 0.6 is 0 Å². The lowest BCUT2D eigenvalue weighted by molar-refractivity contribution is -0.121. The quantitative estimate of drug-likeness (QED) is 0.811. The number of ether oxygens (including phenoxy) is 1. The summed E-state index contributed by atoms with van der Waals surface area (Å²) in [5, 5.41) is 3.12. The van der Waals surface area contributed by atoms with Crippen molar-refractivity contribution < 1.29 is 9.53 Å². The van der Waals surface area contributed by atoms with Gasteiger partial charge in [-0.25, -0.2) is 4.98 Å². The van der Waals surface area contributed by atoms with Crippen LogP contribution < -0.4 is 5.32 Å². The van der Waals surface area contributed by atoms with Crippen molar-refractivity contribution in [3.05, 3.63) is 54.1 Å². The molecule has 1 aliphatic rings. The van der Waals surface area contributed by atoms with E-state index in [4.69, 9.17) is 4.74 Å². The first kappa shape index (κ1) is 19.6. The van der Waals surface area contributed by atoms with E-state index in [1.807, 2.05) is 17.7 Å². The summed E-state index contributed by atoms with van der Waals surface area (Å²) < 4.78 is 7.97. The second kappa shape index (κ2) is 8.26. The molecule has 5 nitrogen and oxygen atoms in total. The number of imidazole rings is 1. The second-order valence-electron chi connectivity index (χ2n) is 8.20. The number of hydrogen-bond acceptors (Lipinski definition) is 3. The lowest BCUT2D eigenvalue weighted by atomic mass is 9.67. The van der Waals surface area contributed by atoms with Gasteiger partial charge < -0.3 is 14.6 Å². The van der Waals surface area contributed by atoms with E-state index in [1.165, 1.54) is 5.56 Å². The topological polar surface area (TPSA) is 56.2 Å². The van der Waals surface area contributed by atoms with Gasteiger partial charge in [0.2, 0.25) is 5.91 Å². The molecular weight excluding hydrogens is 338 g/mol. The molecule has 0 unspecified atom stereocenters. The van der Waals surface area contributed by atoms with Crippen molar-refractivity contribution in [1.29, 1.82) is 0 Å². The van der Waals surface area contributed by atoms with Gasteiger partial charge in [0.05, 0.1) is 5.60 Å². The Labute approximate surface area is 162 Å². The van der Waals surface area contributed by atoms with Gasteiger partial charge >= 0.3 is 0 Å². The van der Waals surface area contributed by atoms with Crippen LogP contribution in [0.15, 0.2) is 42.7 Å². The zero-order valence-electron chi connectivity index (χ0n) is 16.7. The SMILES string of the molecule is Cc1nccn1CCC(=O)NCC[C@]1(c2ccccc2)CCOC(C)(C)C1. The van der Waals surface area contributed by atoms with Gasteiger partial charge in [-0.2, -0.15) is 0 Å². The van der Waals surface area contributed by atoms with Gasteiger partial charge in [-0.1, -0.05) is 30.3 Å². The van der Waals surface area contributed by atoms with Gasteiger partial charge in [0, 0.05) is 43.9 Å². The number of aromatic nitrogens is 2. The minimum absolute atomic E-state index is 0.0528. The van der Waals surface area contributed by atoms with Crippen LogP contribution in [0.3, 0.4) is 0 Å². The van der Waals surface area contributed by atoms with Crippen LogP contribution in [0.4, 0.5) is 0 Å². The van der Waals surface area contributed by atoms with Crippen molar-refractivity contribution in [3.63, 3.8) is 0 Å². The monoisotopic (exact) mass is 369 g/mol. The van der Waals surface area contributed by atoms with Gasteiger partial charge in [-0.05, 0) is 45.6 Å². The van der Waals surface area contributed by atoms with Gasteiger partial charge in [-0.15, -0.1) is 0 Å². The molecule has 1 fully saturated rings. The van der Waals surface area contributed by atoms with Crippen molar-refractivity contribution in [2.24, 2.45) is 0 Å². The molecule has 1 aromatic carbocycles. The predicted molar refractivity (Wildman–Crippen MR) is 107 cm³/mol. The standard InChI is InChI=1S/C22H31N3O2/c1-18-23-13-15-25(18)14-9-20(26)24-12-10-22(19-7-5-4-6-8-19)11-16-27-21(2,3)17-22/h4-8,13,15H,9-12,14,16-17H2,1-3H3,(H,24,26)/t22-/m0/s1. The maximum atomic E-state index is 12.3. The molecule has 0 aliphatic carbocycles. The Balaban J connectivity index is 1.58. The van der Waals surface area contributed by atoms with Gasteiger partial charge in [0.25, 0.3) is 0 Å². The summed E-state index contributed by atoms with van der Waals surface area (Å²) in [6.07, 6.45) is 7.04. The molecule has 2 aromatic rings.